The van der Waals surface area contributed by atoms with E-state index in [2.05, 4.69) is 4.98 Å². The van der Waals surface area contributed by atoms with Crippen LogP contribution >= 0.6 is 0 Å². The number of aromatic nitrogens is 1. The minimum absolute atomic E-state index is 0.367. The van der Waals surface area contributed by atoms with Crippen LogP contribution in [0, 0.1) is 21.4 Å². The Hall–Kier alpha value is -2.14. The number of rotatable bonds is 3. The molecule has 1 aromatic heterocycles. The Morgan fingerprint density at radius 2 is 2.31 bits per heavy atom. The second-order valence-corrected chi connectivity index (χ2v) is 2.73. The Morgan fingerprint density at radius 1 is 1.69 bits per heavy atom. The highest BCUT2D eigenvalue weighted by Gasteiger charge is 2.26. The molecule has 8 heteroatoms. The number of nitriles is 1. The number of hydrogen-bond donors (Lipinski definition) is 1. The van der Waals surface area contributed by atoms with Crippen LogP contribution in [0.4, 0.5) is 14.6 Å². The van der Waals surface area contributed by atoms with Crippen molar-refractivity contribution < 1.29 is 18.8 Å². The van der Waals surface area contributed by atoms with E-state index in [4.69, 9.17) is 10.4 Å². The van der Waals surface area contributed by atoms with Gasteiger partial charge in [-0.05, 0) is 15.5 Å². The van der Waals surface area contributed by atoms with E-state index in [1.54, 1.807) is 0 Å². The number of nitrogens with zero attached hydrogens (tertiary/aromatic N) is 3. The molecular formula is C8H5F2N3O3. The molecule has 0 aliphatic rings. The molecule has 6 nitrogen and oxygen atoms in total. The highest BCUT2D eigenvalue weighted by Crippen LogP contribution is 2.28. The quantitative estimate of drug-likeness (QED) is 0.621. The summed E-state index contributed by atoms with van der Waals surface area (Å²) in [4.78, 5) is 12.6. The molecule has 16 heavy (non-hydrogen) atoms. The summed E-state index contributed by atoms with van der Waals surface area (Å²) < 4.78 is 25.0. The van der Waals surface area contributed by atoms with Crippen molar-refractivity contribution in [2.75, 3.05) is 0 Å². The fourth-order valence-electron chi connectivity index (χ4n) is 1.15. The molecule has 1 heterocycles. The predicted molar refractivity (Wildman–Crippen MR) is 46.5 cm³/mol. The van der Waals surface area contributed by atoms with E-state index in [1.807, 2.05) is 0 Å². The van der Waals surface area contributed by atoms with E-state index >= 15 is 0 Å². The zero-order valence-corrected chi connectivity index (χ0v) is 7.72. The van der Waals surface area contributed by atoms with Gasteiger partial charge in [0.25, 0.3) is 12.1 Å². The molecule has 0 aliphatic heterocycles. The molecule has 0 saturated heterocycles. The van der Waals surface area contributed by atoms with E-state index in [1.165, 1.54) is 6.07 Å². The molecule has 84 valence electrons. The van der Waals surface area contributed by atoms with Crippen LogP contribution in [0.25, 0.3) is 0 Å². The maximum absolute atomic E-state index is 12.5. The average molecular weight is 229 g/mol. The van der Waals surface area contributed by atoms with E-state index in [0.717, 1.165) is 6.07 Å². The standard InChI is InChI=1S/C8H5F2N3O3/c9-8(10)7-4(3-14)1-6(13(15)16)12-5(7)2-11/h1,8,14H,3H2. The lowest BCUT2D eigenvalue weighted by molar-refractivity contribution is -0.389. The van der Waals surface area contributed by atoms with Crippen LogP contribution < -0.4 is 0 Å². The molecule has 0 unspecified atom stereocenters. The fourth-order valence-corrected chi connectivity index (χ4v) is 1.15. The third-order valence-corrected chi connectivity index (χ3v) is 1.81. The largest absolute Gasteiger partial charge is 0.392 e. The molecule has 0 amide bonds. The first-order chi connectivity index (χ1) is 7.51. The Labute approximate surface area is 87.9 Å². The first-order valence-electron chi connectivity index (χ1n) is 3.98. The zero-order chi connectivity index (χ0) is 12.3. The van der Waals surface area contributed by atoms with Crippen LogP contribution in [0.2, 0.25) is 0 Å². The lowest BCUT2D eigenvalue weighted by Gasteiger charge is -2.05. The maximum atomic E-state index is 12.5. The van der Waals surface area contributed by atoms with E-state index < -0.39 is 35.0 Å². The number of nitro groups is 1. The Kier molecular flexibility index (Phi) is 3.42. The van der Waals surface area contributed by atoms with Gasteiger partial charge >= 0.3 is 5.82 Å². The van der Waals surface area contributed by atoms with Crippen molar-refractivity contribution in [2.45, 2.75) is 13.0 Å². The normalized spacial score (nSPS) is 10.2. The summed E-state index contributed by atoms with van der Waals surface area (Å²) in [5, 5.41) is 27.7. The van der Waals surface area contributed by atoms with Crippen LogP contribution in [0.1, 0.15) is 23.2 Å². The van der Waals surface area contributed by atoms with Crippen LogP contribution in [-0.2, 0) is 6.61 Å². The van der Waals surface area contributed by atoms with Crippen LogP contribution in [0.5, 0.6) is 0 Å². The molecule has 0 fully saturated rings. The smallest absolute Gasteiger partial charge is 0.365 e. The van der Waals surface area contributed by atoms with Crippen molar-refractivity contribution in [2.24, 2.45) is 0 Å². The Morgan fingerprint density at radius 3 is 2.69 bits per heavy atom. The van der Waals surface area contributed by atoms with Gasteiger partial charge in [-0.3, -0.25) is 0 Å². The van der Waals surface area contributed by atoms with E-state index in [9.17, 15) is 18.9 Å². The van der Waals surface area contributed by atoms with Crippen molar-refractivity contribution >= 4 is 5.82 Å². The molecule has 0 bridgehead atoms. The molecule has 0 atom stereocenters. The number of hydrogen-bond acceptors (Lipinski definition) is 5. The summed E-state index contributed by atoms with van der Waals surface area (Å²) in [6.07, 6.45) is -3.02. The summed E-state index contributed by atoms with van der Waals surface area (Å²) in [6, 6.07) is 2.06. The highest BCUT2D eigenvalue weighted by molar-refractivity contribution is 5.43. The molecule has 0 spiro atoms. The summed E-state index contributed by atoms with van der Waals surface area (Å²) in [5.74, 6) is -0.745. The first kappa shape index (κ1) is 11.9. The molecule has 1 aromatic rings. The van der Waals surface area contributed by atoms with Gasteiger partial charge in [0.1, 0.15) is 6.07 Å². The van der Waals surface area contributed by atoms with Gasteiger partial charge in [0.2, 0.25) is 0 Å². The summed E-state index contributed by atoms with van der Waals surface area (Å²) in [5.41, 5.74) is -1.88. The molecule has 0 aromatic carbocycles. The molecular weight excluding hydrogens is 224 g/mol. The van der Waals surface area contributed by atoms with Gasteiger partial charge < -0.3 is 15.2 Å². The first-order valence-corrected chi connectivity index (χ1v) is 3.98. The van der Waals surface area contributed by atoms with Gasteiger partial charge in [-0.25, -0.2) is 8.78 Å². The van der Waals surface area contributed by atoms with E-state index in [0.29, 0.717) is 0 Å². The van der Waals surface area contributed by atoms with Crippen LogP contribution in [0.3, 0.4) is 0 Å². The second kappa shape index (κ2) is 4.59. The molecule has 0 radical (unpaired) electrons. The maximum Gasteiger partial charge on any atom is 0.365 e. The lowest BCUT2D eigenvalue weighted by atomic mass is 10.1. The van der Waals surface area contributed by atoms with Gasteiger partial charge in [0.15, 0.2) is 0 Å². The second-order valence-electron chi connectivity index (χ2n) is 2.73. The third-order valence-electron chi connectivity index (χ3n) is 1.81. The number of pyridine rings is 1. The minimum Gasteiger partial charge on any atom is -0.392 e. The number of aliphatic hydroxyl groups is 1. The lowest BCUT2D eigenvalue weighted by Crippen LogP contribution is -2.04. The average Bonchev–Trinajstić information content (AvgIpc) is 2.26. The van der Waals surface area contributed by atoms with Gasteiger partial charge in [0, 0.05) is 6.07 Å². The minimum atomic E-state index is -3.02. The fraction of sp³-hybridized carbons (Fsp3) is 0.250. The van der Waals surface area contributed by atoms with Gasteiger partial charge in [-0.2, -0.15) is 5.26 Å². The molecule has 0 aliphatic carbocycles. The molecule has 1 rings (SSSR count). The molecule has 1 N–H and O–H groups in total. The van der Waals surface area contributed by atoms with Gasteiger partial charge in [-0.15, -0.1) is 0 Å². The highest BCUT2D eigenvalue weighted by atomic mass is 19.3. The number of halogens is 2. The summed E-state index contributed by atoms with van der Waals surface area (Å²) in [7, 11) is 0. The third kappa shape index (κ3) is 2.09. The van der Waals surface area contributed by atoms with E-state index in [-0.39, 0.29) is 5.56 Å². The number of alkyl halides is 2. The number of aliphatic hydroxyl groups excluding tert-OH is 1. The van der Waals surface area contributed by atoms with Crippen molar-refractivity contribution in [3.63, 3.8) is 0 Å². The van der Waals surface area contributed by atoms with Crippen LogP contribution in [0.15, 0.2) is 6.07 Å². The van der Waals surface area contributed by atoms with Crippen molar-refractivity contribution in [3.8, 4) is 6.07 Å². The Bertz CT molecular complexity index is 470. The van der Waals surface area contributed by atoms with Crippen molar-refractivity contribution in [3.05, 3.63) is 33.0 Å². The molecule has 0 saturated carbocycles. The van der Waals surface area contributed by atoms with Crippen LogP contribution in [-0.4, -0.2) is 15.0 Å². The monoisotopic (exact) mass is 229 g/mol. The van der Waals surface area contributed by atoms with Gasteiger partial charge in [-0.1, -0.05) is 0 Å². The predicted octanol–water partition coefficient (Wildman–Crippen LogP) is 1.29. The zero-order valence-electron chi connectivity index (χ0n) is 7.72. The van der Waals surface area contributed by atoms with Crippen molar-refractivity contribution in [1.82, 2.24) is 4.98 Å². The topological polar surface area (TPSA) is 100 Å². The SMILES string of the molecule is N#Cc1nc([N+](=O)[O-])cc(CO)c1C(F)F. The van der Waals surface area contributed by atoms with Crippen molar-refractivity contribution in [1.29, 1.82) is 5.26 Å². The summed E-state index contributed by atoms with van der Waals surface area (Å²) >= 11 is 0. The van der Waals surface area contributed by atoms with Gasteiger partial charge in [0.05, 0.1) is 12.2 Å². The summed E-state index contributed by atoms with van der Waals surface area (Å²) in [6.45, 7) is -0.822. The Balaban J connectivity index is 3.51.